The van der Waals surface area contributed by atoms with Gasteiger partial charge in [0, 0.05) is 32.1 Å². The molecule has 106 valence electrons. The predicted octanol–water partition coefficient (Wildman–Crippen LogP) is 1.73. The van der Waals surface area contributed by atoms with Gasteiger partial charge in [-0.3, -0.25) is 5.10 Å². The van der Waals surface area contributed by atoms with Crippen LogP contribution in [0, 0.1) is 5.92 Å². The number of aromatic amines is 1. The second-order valence-corrected chi connectivity index (χ2v) is 6.09. The summed E-state index contributed by atoms with van der Waals surface area (Å²) in [5.41, 5.74) is 0. The third-order valence-electron chi connectivity index (χ3n) is 4.38. The van der Waals surface area contributed by atoms with Gasteiger partial charge in [0.2, 0.25) is 5.95 Å². The molecule has 0 radical (unpaired) electrons. The van der Waals surface area contributed by atoms with E-state index in [-0.39, 0.29) is 0 Å². The number of anilines is 1. The number of piperazine rings is 1. The Morgan fingerprint density at radius 2 is 2.11 bits per heavy atom. The molecule has 0 spiro atoms. The van der Waals surface area contributed by atoms with E-state index in [4.69, 9.17) is 4.98 Å². The van der Waals surface area contributed by atoms with Crippen molar-refractivity contribution < 1.29 is 0 Å². The zero-order valence-electron chi connectivity index (χ0n) is 11.9. The van der Waals surface area contributed by atoms with Crippen molar-refractivity contribution in [2.75, 3.05) is 24.5 Å². The molecular formula is C14H25N5. The Balaban J connectivity index is 1.59. The lowest BCUT2D eigenvalue weighted by molar-refractivity contribution is 0.352. The summed E-state index contributed by atoms with van der Waals surface area (Å²) in [5, 5.41) is 11.0. The van der Waals surface area contributed by atoms with Gasteiger partial charge in [-0.1, -0.05) is 32.1 Å². The molecule has 1 aliphatic carbocycles. The summed E-state index contributed by atoms with van der Waals surface area (Å²) in [6, 6.07) is 0.522. The van der Waals surface area contributed by atoms with E-state index in [0.717, 1.165) is 43.7 Å². The van der Waals surface area contributed by atoms with Crippen molar-refractivity contribution in [3.8, 4) is 0 Å². The number of hydrogen-bond acceptors (Lipinski definition) is 4. The Morgan fingerprint density at radius 3 is 2.89 bits per heavy atom. The average molecular weight is 263 g/mol. The second kappa shape index (κ2) is 5.90. The van der Waals surface area contributed by atoms with Gasteiger partial charge in [0.25, 0.3) is 0 Å². The molecule has 1 saturated carbocycles. The van der Waals surface area contributed by atoms with E-state index in [1.165, 1.54) is 32.1 Å². The Labute approximate surface area is 115 Å². The van der Waals surface area contributed by atoms with Crippen LogP contribution in [0.25, 0.3) is 0 Å². The number of hydrogen-bond donors (Lipinski definition) is 2. The second-order valence-electron chi connectivity index (χ2n) is 6.09. The molecular weight excluding hydrogens is 238 g/mol. The first-order valence-corrected chi connectivity index (χ1v) is 7.71. The van der Waals surface area contributed by atoms with E-state index in [0.29, 0.717) is 6.04 Å². The van der Waals surface area contributed by atoms with E-state index in [1.807, 2.05) is 0 Å². The lowest BCUT2D eigenvalue weighted by atomic mass is 9.87. The highest BCUT2D eigenvalue weighted by Gasteiger charge is 2.20. The quantitative estimate of drug-likeness (QED) is 0.872. The van der Waals surface area contributed by atoms with Crippen LogP contribution in [-0.4, -0.2) is 40.9 Å². The maximum atomic E-state index is 4.69. The third-order valence-corrected chi connectivity index (χ3v) is 4.38. The van der Waals surface area contributed by atoms with Gasteiger partial charge in [0.15, 0.2) is 0 Å². The lowest BCUT2D eigenvalue weighted by Gasteiger charge is -2.30. The topological polar surface area (TPSA) is 56.8 Å². The van der Waals surface area contributed by atoms with E-state index in [9.17, 15) is 0 Å². The fourth-order valence-electron chi connectivity index (χ4n) is 3.30. The molecule has 1 saturated heterocycles. The van der Waals surface area contributed by atoms with Crippen molar-refractivity contribution in [2.24, 2.45) is 5.92 Å². The smallest absolute Gasteiger partial charge is 0.244 e. The maximum Gasteiger partial charge on any atom is 0.244 e. The SMILES string of the molecule is C[C@H]1CN(c2n[nH]c(CC3CCCCC3)n2)CCN1. The minimum absolute atomic E-state index is 0.522. The number of nitrogens with one attached hydrogen (secondary N) is 2. The van der Waals surface area contributed by atoms with Crippen molar-refractivity contribution in [3.05, 3.63) is 5.82 Å². The molecule has 5 nitrogen and oxygen atoms in total. The first-order chi connectivity index (χ1) is 9.31. The summed E-state index contributed by atoms with van der Waals surface area (Å²) in [6.45, 7) is 5.24. The molecule has 2 aliphatic rings. The van der Waals surface area contributed by atoms with E-state index in [2.05, 4.69) is 27.3 Å². The number of H-pyrrole nitrogens is 1. The van der Waals surface area contributed by atoms with Crippen LogP contribution in [0.4, 0.5) is 5.95 Å². The summed E-state index contributed by atoms with van der Waals surface area (Å²) < 4.78 is 0. The van der Waals surface area contributed by atoms with Crippen molar-refractivity contribution in [2.45, 2.75) is 51.5 Å². The van der Waals surface area contributed by atoms with Crippen LogP contribution in [0.2, 0.25) is 0 Å². The molecule has 1 atom stereocenters. The zero-order valence-corrected chi connectivity index (χ0v) is 11.9. The van der Waals surface area contributed by atoms with E-state index >= 15 is 0 Å². The monoisotopic (exact) mass is 263 g/mol. The number of nitrogens with zero attached hydrogens (tertiary/aromatic N) is 3. The summed E-state index contributed by atoms with van der Waals surface area (Å²) in [5.74, 6) is 2.78. The minimum atomic E-state index is 0.522. The highest BCUT2D eigenvalue weighted by atomic mass is 15.4. The van der Waals surface area contributed by atoms with Gasteiger partial charge in [0.1, 0.15) is 5.82 Å². The largest absolute Gasteiger partial charge is 0.337 e. The summed E-state index contributed by atoms with van der Waals surface area (Å²) >= 11 is 0. The van der Waals surface area contributed by atoms with Crippen LogP contribution in [0.5, 0.6) is 0 Å². The fraction of sp³-hybridized carbons (Fsp3) is 0.857. The Kier molecular flexibility index (Phi) is 4.01. The van der Waals surface area contributed by atoms with Gasteiger partial charge in [0.05, 0.1) is 0 Å². The Bertz CT molecular complexity index is 396. The molecule has 2 heterocycles. The maximum absolute atomic E-state index is 4.69. The fourth-order valence-corrected chi connectivity index (χ4v) is 3.30. The molecule has 3 rings (SSSR count). The molecule has 19 heavy (non-hydrogen) atoms. The predicted molar refractivity (Wildman–Crippen MR) is 76.3 cm³/mol. The molecule has 2 N–H and O–H groups in total. The molecule has 0 aromatic carbocycles. The molecule has 5 heteroatoms. The highest BCUT2D eigenvalue weighted by Crippen LogP contribution is 2.26. The van der Waals surface area contributed by atoms with Gasteiger partial charge < -0.3 is 10.2 Å². The van der Waals surface area contributed by atoms with Crippen LogP contribution >= 0.6 is 0 Å². The first-order valence-electron chi connectivity index (χ1n) is 7.71. The standard InChI is InChI=1S/C14H25N5/c1-11-10-19(8-7-15-11)14-16-13(17-18-14)9-12-5-3-2-4-6-12/h11-12,15H,2-10H2,1H3,(H,16,17,18)/t11-/m0/s1. The molecule has 0 bridgehead atoms. The van der Waals surface area contributed by atoms with Gasteiger partial charge in [-0.05, 0) is 12.8 Å². The third kappa shape index (κ3) is 3.26. The number of aromatic nitrogens is 3. The Hall–Kier alpha value is -1.10. The van der Waals surface area contributed by atoms with Crippen LogP contribution in [0.1, 0.15) is 44.9 Å². The Morgan fingerprint density at radius 1 is 1.26 bits per heavy atom. The van der Waals surface area contributed by atoms with Crippen LogP contribution in [0.3, 0.4) is 0 Å². The van der Waals surface area contributed by atoms with Crippen LogP contribution in [-0.2, 0) is 6.42 Å². The van der Waals surface area contributed by atoms with Crippen LogP contribution in [0.15, 0.2) is 0 Å². The van der Waals surface area contributed by atoms with Crippen molar-refractivity contribution in [1.29, 1.82) is 0 Å². The zero-order chi connectivity index (χ0) is 13.1. The van der Waals surface area contributed by atoms with Gasteiger partial charge in [-0.25, -0.2) is 0 Å². The van der Waals surface area contributed by atoms with E-state index in [1.54, 1.807) is 0 Å². The molecule has 0 amide bonds. The normalized spacial score (nSPS) is 25.7. The minimum Gasteiger partial charge on any atom is -0.337 e. The molecule has 1 aromatic heterocycles. The summed E-state index contributed by atoms with van der Waals surface area (Å²) in [4.78, 5) is 6.97. The van der Waals surface area contributed by atoms with Crippen molar-refractivity contribution in [3.63, 3.8) is 0 Å². The average Bonchev–Trinajstić information content (AvgIpc) is 2.88. The molecule has 0 unspecified atom stereocenters. The van der Waals surface area contributed by atoms with Crippen molar-refractivity contribution in [1.82, 2.24) is 20.5 Å². The van der Waals surface area contributed by atoms with E-state index < -0.39 is 0 Å². The summed E-state index contributed by atoms with van der Waals surface area (Å²) in [7, 11) is 0. The van der Waals surface area contributed by atoms with Gasteiger partial charge in [-0.2, -0.15) is 4.98 Å². The van der Waals surface area contributed by atoms with Crippen molar-refractivity contribution >= 4 is 5.95 Å². The molecule has 1 aliphatic heterocycles. The first kappa shape index (κ1) is 12.9. The lowest BCUT2D eigenvalue weighted by Crippen LogP contribution is -2.49. The van der Waals surface area contributed by atoms with Crippen LogP contribution < -0.4 is 10.2 Å². The molecule has 1 aromatic rings. The highest BCUT2D eigenvalue weighted by molar-refractivity contribution is 5.30. The summed E-state index contributed by atoms with van der Waals surface area (Å²) in [6.07, 6.45) is 7.99. The number of rotatable bonds is 3. The van der Waals surface area contributed by atoms with Gasteiger partial charge >= 0.3 is 0 Å². The molecule has 2 fully saturated rings. The van der Waals surface area contributed by atoms with Gasteiger partial charge in [-0.15, -0.1) is 5.10 Å².